The molecular formula is C85H87F3N16O7. The first-order chi connectivity index (χ1) is 53.6. The maximum Gasteiger partial charge on any atom is 0.274 e. The molecule has 3 fully saturated rings. The molecule has 0 aliphatic heterocycles. The van der Waals surface area contributed by atoms with E-state index in [4.69, 9.17) is 32.4 Å². The van der Waals surface area contributed by atoms with Crippen molar-refractivity contribution in [2.75, 3.05) is 29.2 Å². The third-order valence-electron chi connectivity index (χ3n) is 19.6. The molecule has 6 aromatic carbocycles. The number of carbonyl (C=O) groups excluding carboxylic acids is 3. The molecule has 23 nitrogen and oxygen atoms in total. The number of nitrogens with two attached hydrogens (primary N) is 4. The monoisotopic (exact) mass is 1500 g/mol. The standard InChI is InChI=1S/C29H31FN6O.2C28H28FN5O3/c1-19-15-26(36(35-19)23-6-4-5-21(16-23)18-31)28(37)34-25-17-22(10-11-24(25)30)29(32,13-12-20-8-9-20)27-7-2-3-14-33-27;1-18-12-26(34(33-18)23-6-2-4-20(13-23)15-30)27(35)32-25-14-21(9-10-24(25)29)28(36,37-17-19-7-8-19)22-5-3-11-31-16-22;1-18-13-25(34(33-18)22-6-4-5-20(14-22)16-30)27(35)32-24-15-21(10-11-23(24)29)28(36,37-17-19-8-9-19)26-7-2-3-12-31-26/h2-7,10-11,14-17,20H,8-9,12-13,18,31-32H2,1H3,(H,34,37);2-6,9-14,16,19,36H,7-8,15,17,30H2,1H3,(H,32,35);2-7,10-15,19,36H,8-9,16-17,30H2,1H3,(H,32,35). The number of halogens is 3. The second-order valence-corrected chi connectivity index (χ2v) is 28.2. The van der Waals surface area contributed by atoms with Crippen LogP contribution in [0.2, 0.25) is 0 Å². The molecule has 3 unspecified atom stereocenters. The number of rotatable bonds is 27. The molecule has 0 bridgehead atoms. The molecule has 13 N–H and O–H groups in total. The van der Waals surface area contributed by atoms with Crippen LogP contribution in [0.1, 0.15) is 150 Å². The normalized spacial score (nSPS) is 14.8. The number of benzene rings is 6. The van der Waals surface area contributed by atoms with Crippen LogP contribution in [0.15, 0.2) is 219 Å². The Morgan fingerprint density at radius 1 is 0.450 bits per heavy atom. The minimum absolute atomic E-state index is 0.0563. The van der Waals surface area contributed by atoms with Gasteiger partial charge in [-0.2, -0.15) is 15.3 Å². The predicted octanol–water partition coefficient (Wildman–Crippen LogP) is 12.9. The van der Waals surface area contributed by atoms with Crippen LogP contribution in [0.4, 0.5) is 30.2 Å². The van der Waals surface area contributed by atoms with Crippen LogP contribution in [-0.2, 0) is 46.2 Å². The second kappa shape index (κ2) is 34.0. The molecule has 6 heterocycles. The van der Waals surface area contributed by atoms with Gasteiger partial charge in [0, 0.05) is 61.1 Å². The lowest BCUT2D eigenvalue weighted by molar-refractivity contribution is -0.186. The Morgan fingerprint density at radius 2 is 0.847 bits per heavy atom. The van der Waals surface area contributed by atoms with Gasteiger partial charge in [-0.05, 0) is 221 Å². The highest BCUT2D eigenvalue weighted by molar-refractivity contribution is 6.05. The van der Waals surface area contributed by atoms with Crippen LogP contribution in [0.25, 0.3) is 17.1 Å². The molecule has 0 spiro atoms. The van der Waals surface area contributed by atoms with Crippen LogP contribution >= 0.6 is 0 Å². The fourth-order valence-electron chi connectivity index (χ4n) is 12.8. The number of carbonyl (C=O) groups is 3. The maximum atomic E-state index is 15.0. The minimum atomic E-state index is -1.90. The lowest BCUT2D eigenvalue weighted by atomic mass is 9.82. The van der Waals surface area contributed by atoms with Crippen molar-refractivity contribution in [1.29, 1.82) is 0 Å². The topological polar surface area (TPSA) is 342 Å². The van der Waals surface area contributed by atoms with E-state index >= 15 is 0 Å². The number of aromatic nitrogens is 9. The SMILES string of the molecule is Cc1cc(C(=O)Nc2cc(C(N)(CCC3CC3)c3ccccn3)ccc2F)n(-c2cccc(CN)c2)n1.Cc1cc(C(=O)Nc2cc(C(O)(OCC3CC3)c3ccccn3)ccc2F)n(-c2cccc(CN)c2)n1.Cc1cc(C(=O)Nc2cc(C(O)(OCC3CC3)c3cccnc3)ccc2F)n(-c2cccc(CN)c2)n1. The molecule has 0 saturated heterocycles. The van der Waals surface area contributed by atoms with Crippen molar-refractivity contribution in [1.82, 2.24) is 44.3 Å². The molecule has 111 heavy (non-hydrogen) atoms. The molecule has 26 heteroatoms. The van der Waals surface area contributed by atoms with E-state index in [9.17, 15) is 37.8 Å². The average molecular weight is 1500 g/mol. The lowest BCUT2D eigenvalue weighted by Crippen LogP contribution is -2.39. The highest BCUT2D eigenvalue weighted by Gasteiger charge is 2.40. The molecular weight excluding hydrogens is 1410 g/mol. The summed E-state index contributed by atoms with van der Waals surface area (Å²) in [5, 5.41) is 44.6. The van der Waals surface area contributed by atoms with Crippen molar-refractivity contribution in [2.45, 2.75) is 109 Å². The van der Waals surface area contributed by atoms with E-state index in [1.54, 1.807) is 105 Å². The summed E-state index contributed by atoms with van der Waals surface area (Å²) < 4.78 is 61.2. The van der Waals surface area contributed by atoms with E-state index in [-0.39, 0.29) is 51.0 Å². The Hall–Kier alpha value is -11.7. The Kier molecular flexibility index (Phi) is 23.8. The summed E-state index contributed by atoms with van der Waals surface area (Å²) in [4.78, 5) is 52.9. The molecule has 570 valence electrons. The summed E-state index contributed by atoms with van der Waals surface area (Å²) in [5.74, 6) is -5.79. The van der Waals surface area contributed by atoms with E-state index < -0.39 is 52.3 Å². The number of ether oxygens (including phenoxy) is 2. The quantitative estimate of drug-likeness (QED) is 0.0216. The number of hydrogen-bond acceptors (Lipinski definition) is 17. The van der Waals surface area contributed by atoms with E-state index in [2.05, 4.69) is 46.2 Å². The molecule has 3 aliphatic carbocycles. The van der Waals surface area contributed by atoms with Crippen molar-refractivity contribution in [3.63, 3.8) is 0 Å². The Bertz CT molecular complexity index is 4770. The van der Waals surface area contributed by atoms with Gasteiger partial charge in [-0.3, -0.25) is 29.3 Å². The zero-order valence-corrected chi connectivity index (χ0v) is 61.6. The Morgan fingerprint density at radius 3 is 1.23 bits per heavy atom. The van der Waals surface area contributed by atoms with Crippen molar-refractivity contribution in [2.24, 2.45) is 40.7 Å². The zero-order chi connectivity index (χ0) is 78.0. The minimum Gasteiger partial charge on any atom is -0.358 e. The van der Waals surface area contributed by atoms with Gasteiger partial charge in [0.15, 0.2) is 0 Å². The van der Waals surface area contributed by atoms with Gasteiger partial charge in [0.1, 0.15) is 40.2 Å². The molecule has 3 saturated carbocycles. The fourth-order valence-corrected chi connectivity index (χ4v) is 12.8. The number of hydrogen-bond donors (Lipinski definition) is 9. The van der Waals surface area contributed by atoms with Gasteiger partial charge in [0.25, 0.3) is 17.7 Å². The van der Waals surface area contributed by atoms with Gasteiger partial charge >= 0.3 is 0 Å². The highest BCUT2D eigenvalue weighted by atomic mass is 19.1. The van der Waals surface area contributed by atoms with Crippen molar-refractivity contribution >= 4 is 34.8 Å². The number of amides is 3. The predicted molar refractivity (Wildman–Crippen MR) is 415 cm³/mol. The number of pyridine rings is 3. The molecule has 15 rings (SSSR count). The van der Waals surface area contributed by atoms with Gasteiger partial charge in [-0.1, -0.05) is 85.6 Å². The zero-order valence-electron chi connectivity index (χ0n) is 61.6. The number of aliphatic hydroxyl groups is 2. The molecule has 3 atom stereocenters. The molecule has 3 amide bonds. The molecule has 3 aliphatic rings. The number of nitrogens with one attached hydrogen (secondary N) is 3. The summed E-state index contributed by atoms with van der Waals surface area (Å²) in [5.41, 5.74) is 33.2. The number of anilines is 3. The summed E-state index contributed by atoms with van der Waals surface area (Å²) in [6.45, 7) is 7.09. The highest BCUT2D eigenvalue weighted by Crippen LogP contribution is 2.42. The van der Waals surface area contributed by atoms with Gasteiger partial charge in [-0.25, -0.2) is 27.2 Å². The van der Waals surface area contributed by atoms with Crippen molar-refractivity contribution < 1.29 is 47.2 Å². The van der Waals surface area contributed by atoms with Gasteiger partial charge in [0.2, 0.25) is 11.6 Å². The Labute approximate surface area is 639 Å². The largest absolute Gasteiger partial charge is 0.358 e. The van der Waals surface area contributed by atoms with Crippen LogP contribution < -0.4 is 38.9 Å². The van der Waals surface area contributed by atoms with Crippen LogP contribution in [0.3, 0.4) is 0 Å². The smallest absolute Gasteiger partial charge is 0.274 e. The first kappa shape index (κ1) is 77.4. The average Bonchev–Trinajstić information content (AvgIpc) is 1.65. The van der Waals surface area contributed by atoms with Crippen LogP contribution in [0, 0.1) is 56.0 Å². The maximum absolute atomic E-state index is 15.0. The van der Waals surface area contributed by atoms with Crippen molar-refractivity contribution in [3.8, 4) is 17.1 Å². The molecule has 0 radical (unpaired) electrons. The molecule has 6 aromatic heterocycles. The van der Waals surface area contributed by atoms with E-state index in [0.717, 1.165) is 48.8 Å². The third kappa shape index (κ3) is 18.4. The molecule has 12 aromatic rings. The summed E-state index contributed by atoms with van der Waals surface area (Å²) in [6, 6.07) is 53.9. The van der Waals surface area contributed by atoms with Crippen LogP contribution in [0.5, 0.6) is 0 Å². The number of nitrogens with zero attached hydrogens (tertiary/aromatic N) is 9. The fraction of sp³-hybridized carbons (Fsp3) is 0.259. The van der Waals surface area contributed by atoms with E-state index in [1.165, 1.54) is 70.9 Å². The Balaban J connectivity index is 0.000000146. The third-order valence-corrected chi connectivity index (χ3v) is 19.6. The lowest BCUT2D eigenvalue weighted by Gasteiger charge is -2.30. The van der Waals surface area contributed by atoms with E-state index in [1.807, 2.05) is 91.0 Å². The summed E-state index contributed by atoms with van der Waals surface area (Å²) >= 11 is 0. The van der Waals surface area contributed by atoms with Gasteiger partial charge in [0.05, 0.1) is 75.7 Å². The summed E-state index contributed by atoms with van der Waals surface area (Å²) in [6.07, 6.45) is 14.6. The van der Waals surface area contributed by atoms with Crippen molar-refractivity contribution in [3.05, 3.63) is 321 Å². The first-order valence-corrected chi connectivity index (χ1v) is 36.8. The summed E-state index contributed by atoms with van der Waals surface area (Å²) in [7, 11) is 0. The second-order valence-electron chi connectivity index (χ2n) is 28.2. The van der Waals surface area contributed by atoms with E-state index in [0.29, 0.717) is 108 Å². The van der Waals surface area contributed by atoms with Crippen LogP contribution in [-0.4, -0.2) is 85.4 Å². The number of aryl methyl sites for hydroxylation is 3. The van der Waals surface area contributed by atoms with Gasteiger partial charge in [-0.15, -0.1) is 0 Å². The first-order valence-electron chi connectivity index (χ1n) is 36.8. The van der Waals surface area contributed by atoms with Gasteiger partial charge < -0.3 is 58.6 Å².